The molecule has 1 aromatic rings. The molecule has 138 valence electrons. The lowest BCUT2D eigenvalue weighted by Gasteiger charge is -2.45. The molecule has 2 saturated heterocycles. The zero-order valence-electron chi connectivity index (χ0n) is 15.0. The van der Waals surface area contributed by atoms with Crippen LogP contribution in [0.25, 0.3) is 0 Å². The van der Waals surface area contributed by atoms with Gasteiger partial charge in [-0.1, -0.05) is 0 Å². The largest absolute Gasteiger partial charge is 0.497 e. The zero-order chi connectivity index (χ0) is 17.9. The van der Waals surface area contributed by atoms with Crippen molar-refractivity contribution in [1.82, 2.24) is 4.90 Å². The van der Waals surface area contributed by atoms with Crippen molar-refractivity contribution >= 4 is 5.91 Å². The Morgan fingerprint density at radius 3 is 2.44 bits per heavy atom. The normalized spacial score (nSPS) is 22.7. The molecule has 0 saturated carbocycles. The molecule has 3 rings (SSSR count). The summed E-state index contributed by atoms with van der Waals surface area (Å²) in [6.07, 6.45) is 3.02. The van der Waals surface area contributed by atoms with Gasteiger partial charge in [-0.2, -0.15) is 0 Å². The maximum atomic E-state index is 12.7. The molecular formula is C19H27NO5. The van der Waals surface area contributed by atoms with Crippen molar-refractivity contribution in [3.05, 3.63) is 23.8 Å². The molecule has 2 aliphatic heterocycles. The van der Waals surface area contributed by atoms with Crippen molar-refractivity contribution in [2.75, 3.05) is 33.9 Å². The molecule has 6 nitrogen and oxygen atoms in total. The number of carbonyl (C=O) groups is 1. The number of benzene rings is 1. The summed E-state index contributed by atoms with van der Waals surface area (Å²) in [4.78, 5) is 14.5. The van der Waals surface area contributed by atoms with Crippen LogP contribution in [-0.2, 0) is 16.0 Å². The number of piperidine rings is 1. The van der Waals surface area contributed by atoms with Gasteiger partial charge in [0.25, 0.3) is 0 Å². The Hall–Kier alpha value is -1.79. The van der Waals surface area contributed by atoms with E-state index in [1.807, 2.05) is 17.0 Å². The van der Waals surface area contributed by atoms with Gasteiger partial charge in [0.05, 0.1) is 32.3 Å². The van der Waals surface area contributed by atoms with Gasteiger partial charge in [-0.3, -0.25) is 4.79 Å². The Bertz CT molecular complexity index is 588. The van der Waals surface area contributed by atoms with E-state index in [2.05, 4.69) is 0 Å². The molecule has 1 atom stereocenters. The first-order valence-corrected chi connectivity index (χ1v) is 8.85. The van der Waals surface area contributed by atoms with Crippen LogP contribution < -0.4 is 9.47 Å². The van der Waals surface area contributed by atoms with Crippen molar-refractivity contribution < 1.29 is 24.1 Å². The summed E-state index contributed by atoms with van der Waals surface area (Å²) < 4.78 is 16.5. The Labute approximate surface area is 148 Å². The number of methoxy groups -OCH3 is 2. The standard InChI is InChI=1S/C19H27NO5/c1-23-16-9-14(10-17(12-16)24-2)11-18(22)20-6-4-19(5-7-20)13-15(21)3-8-25-19/h9-10,12,15,21H,3-8,11,13H2,1-2H3. The van der Waals surface area contributed by atoms with Gasteiger partial charge in [-0.15, -0.1) is 0 Å². The summed E-state index contributed by atoms with van der Waals surface area (Å²) in [6.45, 7) is 1.96. The van der Waals surface area contributed by atoms with Gasteiger partial charge in [0.1, 0.15) is 11.5 Å². The van der Waals surface area contributed by atoms with E-state index in [1.54, 1.807) is 20.3 Å². The molecule has 0 bridgehead atoms. The first kappa shape index (κ1) is 18.0. The highest BCUT2D eigenvalue weighted by atomic mass is 16.5. The average molecular weight is 349 g/mol. The third-order valence-corrected chi connectivity index (χ3v) is 5.26. The van der Waals surface area contributed by atoms with Crippen LogP contribution in [-0.4, -0.2) is 61.5 Å². The van der Waals surface area contributed by atoms with Gasteiger partial charge in [0, 0.05) is 32.2 Å². The molecule has 2 fully saturated rings. The van der Waals surface area contributed by atoms with E-state index in [9.17, 15) is 9.90 Å². The van der Waals surface area contributed by atoms with Gasteiger partial charge in [-0.25, -0.2) is 0 Å². The molecular weight excluding hydrogens is 322 g/mol. The highest BCUT2D eigenvalue weighted by Crippen LogP contribution is 2.35. The topological polar surface area (TPSA) is 68.2 Å². The number of rotatable bonds is 4. The van der Waals surface area contributed by atoms with E-state index < -0.39 is 0 Å². The maximum Gasteiger partial charge on any atom is 0.226 e. The van der Waals surface area contributed by atoms with E-state index in [0.717, 1.165) is 18.4 Å². The second-order valence-electron chi connectivity index (χ2n) is 6.96. The van der Waals surface area contributed by atoms with Crippen LogP contribution in [0.5, 0.6) is 11.5 Å². The molecule has 1 N–H and O–H groups in total. The van der Waals surface area contributed by atoms with Crippen LogP contribution >= 0.6 is 0 Å². The van der Waals surface area contributed by atoms with Gasteiger partial charge < -0.3 is 24.2 Å². The summed E-state index contributed by atoms with van der Waals surface area (Å²) in [5.41, 5.74) is 0.638. The van der Waals surface area contributed by atoms with Gasteiger partial charge in [-0.05, 0) is 37.0 Å². The molecule has 0 aliphatic carbocycles. The number of amides is 1. The smallest absolute Gasteiger partial charge is 0.226 e. The molecule has 6 heteroatoms. The predicted molar refractivity (Wildman–Crippen MR) is 93.0 cm³/mol. The quantitative estimate of drug-likeness (QED) is 0.897. The fourth-order valence-electron chi connectivity index (χ4n) is 3.77. The molecule has 0 aromatic heterocycles. The van der Waals surface area contributed by atoms with Crippen LogP contribution in [0.4, 0.5) is 0 Å². The second-order valence-corrected chi connectivity index (χ2v) is 6.96. The number of hydrogen-bond acceptors (Lipinski definition) is 5. The highest BCUT2D eigenvalue weighted by molar-refractivity contribution is 5.79. The number of ether oxygens (including phenoxy) is 3. The van der Waals surface area contributed by atoms with E-state index >= 15 is 0 Å². The van der Waals surface area contributed by atoms with Crippen LogP contribution in [0.15, 0.2) is 18.2 Å². The fourth-order valence-corrected chi connectivity index (χ4v) is 3.77. The van der Waals surface area contributed by atoms with E-state index in [4.69, 9.17) is 14.2 Å². The third kappa shape index (κ3) is 4.25. The molecule has 25 heavy (non-hydrogen) atoms. The van der Waals surface area contributed by atoms with E-state index in [1.165, 1.54) is 0 Å². The van der Waals surface area contributed by atoms with Gasteiger partial charge >= 0.3 is 0 Å². The zero-order valence-corrected chi connectivity index (χ0v) is 15.0. The minimum Gasteiger partial charge on any atom is -0.497 e. The molecule has 2 heterocycles. The summed E-state index contributed by atoms with van der Waals surface area (Å²) in [7, 11) is 3.20. The summed E-state index contributed by atoms with van der Waals surface area (Å²) in [5, 5.41) is 9.91. The summed E-state index contributed by atoms with van der Waals surface area (Å²) >= 11 is 0. The van der Waals surface area contributed by atoms with Crippen molar-refractivity contribution in [2.45, 2.75) is 43.8 Å². The van der Waals surface area contributed by atoms with Crippen molar-refractivity contribution in [1.29, 1.82) is 0 Å². The van der Waals surface area contributed by atoms with Crippen molar-refractivity contribution in [2.24, 2.45) is 0 Å². The molecule has 2 aliphatic rings. The lowest BCUT2D eigenvalue weighted by atomic mass is 9.83. The first-order chi connectivity index (χ1) is 12.0. The van der Waals surface area contributed by atoms with Gasteiger partial charge in [0.2, 0.25) is 5.91 Å². The van der Waals surface area contributed by atoms with Crippen LogP contribution in [0, 0.1) is 0 Å². The summed E-state index contributed by atoms with van der Waals surface area (Å²) in [6, 6.07) is 5.53. The lowest BCUT2D eigenvalue weighted by molar-refractivity contribution is -0.153. The SMILES string of the molecule is COc1cc(CC(=O)N2CCC3(CC2)CC(O)CCO3)cc(OC)c1. The van der Waals surface area contributed by atoms with Crippen molar-refractivity contribution in [3.63, 3.8) is 0 Å². The minimum atomic E-state index is -0.278. The summed E-state index contributed by atoms with van der Waals surface area (Å²) in [5.74, 6) is 1.47. The maximum absolute atomic E-state index is 12.7. The Balaban J connectivity index is 1.60. The minimum absolute atomic E-state index is 0.0986. The number of aliphatic hydroxyl groups excluding tert-OH is 1. The number of carbonyl (C=O) groups excluding carboxylic acids is 1. The first-order valence-electron chi connectivity index (χ1n) is 8.85. The number of aliphatic hydroxyl groups is 1. The molecule has 1 aromatic carbocycles. The van der Waals surface area contributed by atoms with Crippen LogP contribution in [0.2, 0.25) is 0 Å². The van der Waals surface area contributed by atoms with Crippen LogP contribution in [0.1, 0.15) is 31.2 Å². The highest BCUT2D eigenvalue weighted by Gasteiger charge is 2.40. The van der Waals surface area contributed by atoms with E-state index in [-0.39, 0.29) is 17.6 Å². The Kier molecular flexibility index (Phi) is 5.49. The fraction of sp³-hybridized carbons (Fsp3) is 0.632. The third-order valence-electron chi connectivity index (χ3n) is 5.26. The van der Waals surface area contributed by atoms with E-state index in [0.29, 0.717) is 50.5 Å². The molecule has 1 unspecified atom stereocenters. The second kappa shape index (κ2) is 7.62. The van der Waals surface area contributed by atoms with Crippen molar-refractivity contribution in [3.8, 4) is 11.5 Å². The predicted octanol–water partition coefficient (Wildman–Crippen LogP) is 1.78. The number of likely N-dealkylation sites (tertiary alicyclic amines) is 1. The molecule has 1 spiro atoms. The lowest BCUT2D eigenvalue weighted by Crippen LogP contribution is -2.51. The monoisotopic (exact) mass is 349 g/mol. The van der Waals surface area contributed by atoms with Gasteiger partial charge in [0.15, 0.2) is 0 Å². The molecule has 1 amide bonds. The Morgan fingerprint density at radius 1 is 1.24 bits per heavy atom. The molecule has 0 radical (unpaired) electrons. The number of nitrogens with zero attached hydrogens (tertiary/aromatic N) is 1. The van der Waals surface area contributed by atoms with Crippen LogP contribution in [0.3, 0.4) is 0 Å². The average Bonchev–Trinajstić information content (AvgIpc) is 2.61. The number of hydrogen-bond donors (Lipinski definition) is 1. The Morgan fingerprint density at radius 2 is 1.88 bits per heavy atom.